The highest BCUT2D eigenvalue weighted by Gasteiger charge is 2.32. The first kappa shape index (κ1) is 20.7. The van der Waals surface area contributed by atoms with Gasteiger partial charge in [0.25, 0.3) is 0 Å². The molecular formula is C28H27NO3. The van der Waals surface area contributed by atoms with E-state index in [4.69, 9.17) is 9.47 Å². The maximum Gasteiger partial charge on any atom is 0.195 e. The predicted octanol–water partition coefficient (Wildman–Crippen LogP) is 4.86. The molecule has 3 aromatic carbocycles. The molecule has 0 aromatic heterocycles. The highest BCUT2D eigenvalue weighted by Crippen LogP contribution is 2.43. The number of hydrogen-bond donors (Lipinski definition) is 0. The van der Waals surface area contributed by atoms with Crippen LogP contribution in [-0.4, -0.2) is 50.1 Å². The summed E-state index contributed by atoms with van der Waals surface area (Å²) < 4.78 is 11.4. The van der Waals surface area contributed by atoms with Crippen LogP contribution in [0.25, 0.3) is 11.1 Å². The smallest absolute Gasteiger partial charge is 0.195 e. The first-order chi connectivity index (χ1) is 15.7. The van der Waals surface area contributed by atoms with Gasteiger partial charge in [-0.3, -0.25) is 9.69 Å². The molecular weight excluding hydrogens is 398 g/mol. The summed E-state index contributed by atoms with van der Waals surface area (Å²) >= 11 is 0. The van der Waals surface area contributed by atoms with Gasteiger partial charge in [0.15, 0.2) is 5.78 Å². The topological polar surface area (TPSA) is 38.8 Å². The molecule has 1 aliphatic heterocycles. The lowest BCUT2D eigenvalue weighted by molar-refractivity contribution is 0.0322. The lowest BCUT2D eigenvalue weighted by Crippen LogP contribution is -2.38. The van der Waals surface area contributed by atoms with Gasteiger partial charge in [-0.1, -0.05) is 54.6 Å². The lowest BCUT2D eigenvalue weighted by Gasteiger charge is -2.26. The van der Waals surface area contributed by atoms with E-state index in [-0.39, 0.29) is 5.78 Å². The van der Waals surface area contributed by atoms with Gasteiger partial charge in [-0.15, -0.1) is 0 Å². The average molecular weight is 426 g/mol. The summed E-state index contributed by atoms with van der Waals surface area (Å²) in [5.74, 6) is 0.801. The number of fused-ring (bicyclic) bond motifs is 1. The number of rotatable bonds is 6. The Kier molecular flexibility index (Phi) is 5.89. The second-order valence-electron chi connectivity index (χ2n) is 8.27. The van der Waals surface area contributed by atoms with Gasteiger partial charge >= 0.3 is 0 Å². The lowest BCUT2D eigenvalue weighted by atomic mass is 9.92. The molecule has 0 unspecified atom stereocenters. The molecule has 4 nitrogen and oxygen atoms in total. The zero-order chi connectivity index (χ0) is 21.9. The molecule has 1 saturated heterocycles. The Morgan fingerprint density at radius 3 is 2.38 bits per heavy atom. The summed E-state index contributed by atoms with van der Waals surface area (Å²) in [7, 11) is 0. The van der Waals surface area contributed by atoms with E-state index < -0.39 is 0 Å². The van der Waals surface area contributed by atoms with Crippen LogP contribution < -0.4 is 4.74 Å². The minimum absolute atomic E-state index is 0.0618. The number of carbonyl (C=O) groups excluding carboxylic acids is 1. The Morgan fingerprint density at radius 2 is 1.59 bits per heavy atom. The summed E-state index contributed by atoms with van der Waals surface area (Å²) in [4.78, 5) is 16.0. The van der Waals surface area contributed by atoms with Crippen molar-refractivity contribution in [2.75, 3.05) is 39.5 Å². The number of ether oxygens (including phenoxy) is 2. The summed E-state index contributed by atoms with van der Waals surface area (Å²) in [6.07, 6.45) is 0. The molecule has 4 heteroatoms. The number of ketones is 1. The van der Waals surface area contributed by atoms with Crippen LogP contribution in [0.1, 0.15) is 32.6 Å². The summed E-state index contributed by atoms with van der Waals surface area (Å²) in [5.41, 5.74) is 6.60. The number of allylic oxidation sites excluding steroid dienone is 1. The molecule has 0 spiro atoms. The summed E-state index contributed by atoms with van der Waals surface area (Å²) in [6, 6.07) is 24.2. The van der Waals surface area contributed by atoms with Crippen molar-refractivity contribution in [3.8, 4) is 5.75 Å². The van der Waals surface area contributed by atoms with E-state index in [2.05, 4.69) is 30.0 Å². The SMILES string of the molecule is Cc1ccccc1C1=C(c2ccccc2)c2ccc(OCCN3CCOCC3)cc2C1=O. The molecule has 3 aromatic rings. The molecule has 32 heavy (non-hydrogen) atoms. The van der Waals surface area contributed by atoms with Crippen molar-refractivity contribution in [2.45, 2.75) is 6.92 Å². The van der Waals surface area contributed by atoms with Gasteiger partial charge in [0.2, 0.25) is 0 Å². The number of hydrogen-bond acceptors (Lipinski definition) is 4. The second-order valence-corrected chi connectivity index (χ2v) is 8.27. The molecule has 0 radical (unpaired) electrons. The van der Waals surface area contributed by atoms with E-state index in [1.165, 1.54) is 0 Å². The number of benzene rings is 3. The quantitative estimate of drug-likeness (QED) is 0.565. The molecule has 0 saturated carbocycles. The fraction of sp³-hybridized carbons (Fsp3) is 0.250. The molecule has 0 N–H and O–H groups in total. The zero-order valence-corrected chi connectivity index (χ0v) is 18.3. The molecule has 2 aliphatic rings. The van der Waals surface area contributed by atoms with E-state index in [1.807, 2.05) is 54.6 Å². The van der Waals surface area contributed by atoms with Crippen LogP contribution in [0.2, 0.25) is 0 Å². The fourth-order valence-corrected chi connectivity index (χ4v) is 4.53. The van der Waals surface area contributed by atoms with E-state index in [1.54, 1.807) is 0 Å². The van der Waals surface area contributed by atoms with E-state index in [0.29, 0.717) is 12.2 Å². The molecule has 162 valence electrons. The molecule has 1 fully saturated rings. The maximum absolute atomic E-state index is 13.7. The van der Waals surface area contributed by atoms with Crippen molar-refractivity contribution in [1.82, 2.24) is 4.90 Å². The Morgan fingerprint density at radius 1 is 0.844 bits per heavy atom. The maximum atomic E-state index is 13.7. The van der Waals surface area contributed by atoms with Gasteiger partial charge in [0.1, 0.15) is 12.4 Å². The van der Waals surface area contributed by atoms with Gasteiger partial charge in [-0.25, -0.2) is 0 Å². The van der Waals surface area contributed by atoms with Gasteiger partial charge in [0, 0.05) is 36.3 Å². The van der Waals surface area contributed by atoms with E-state index in [0.717, 1.165) is 72.0 Å². The largest absolute Gasteiger partial charge is 0.492 e. The van der Waals surface area contributed by atoms with Crippen LogP contribution in [0, 0.1) is 6.92 Å². The van der Waals surface area contributed by atoms with Crippen molar-refractivity contribution in [2.24, 2.45) is 0 Å². The Labute approximate surface area is 189 Å². The number of carbonyl (C=O) groups is 1. The minimum atomic E-state index is 0.0618. The number of morpholine rings is 1. The average Bonchev–Trinajstić information content (AvgIpc) is 3.12. The first-order valence-electron chi connectivity index (χ1n) is 11.2. The van der Waals surface area contributed by atoms with Crippen molar-refractivity contribution >= 4 is 16.9 Å². The van der Waals surface area contributed by atoms with Gasteiger partial charge in [-0.2, -0.15) is 0 Å². The zero-order valence-electron chi connectivity index (χ0n) is 18.3. The predicted molar refractivity (Wildman–Crippen MR) is 127 cm³/mol. The third-order valence-electron chi connectivity index (χ3n) is 6.24. The molecule has 0 atom stereocenters. The molecule has 5 rings (SSSR count). The van der Waals surface area contributed by atoms with Crippen LogP contribution in [0.5, 0.6) is 5.75 Å². The van der Waals surface area contributed by atoms with Crippen molar-refractivity contribution in [3.63, 3.8) is 0 Å². The Balaban J connectivity index is 1.47. The van der Waals surface area contributed by atoms with Crippen molar-refractivity contribution < 1.29 is 14.3 Å². The van der Waals surface area contributed by atoms with E-state index >= 15 is 0 Å². The molecule has 1 aliphatic carbocycles. The van der Waals surface area contributed by atoms with Crippen molar-refractivity contribution in [1.29, 1.82) is 0 Å². The highest BCUT2D eigenvalue weighted by molar-refractivity contribution is 6.41. The Bertz CT molecular complexity index is 1160. The van der Waals surface area contributed by atoms with Crippen LogP contribution in [0.3, 0.4) is 0 Å². The second kappa shape index (κ2) is 9.11. The third kappa shape index (κ3) is 3.99. The van der Waals surface area contributed by atoms with Crippen LogP contribution in [-0.2, 0) is 4.74 Å². The third-order valence-corrected chi connectivity index (χ3v) is 6.24. The molecule has 1 heterocycles. The van der Waals surface area contributed by atoms with Crippen molar-refractivity contribution in [3.05, 3.63) is 101 Å². The summed E-state index contributed by atoms with van der Waals surface area (Å²) in [6.45, 7) is 6.95. The van der Waals surface area contributed by atoms with Gasteiger partial charge < -0.3 is 9.47 Å². The first-order valence-corrected chi connectivity index (χ1v) is 11.2. The van der Waals surface area contributed by atoms with Crippen LogP contribution in [0.15, 0.2) is 72.8 Å². The number of aryl methyl sites for hydroxylation is 1. The minimum Gasteiger partial charge on any atom is -0.492 e. The van der Waals surface area contributed by atoms with Crippen LogP contribution in [0.4, 0.5) is 0 Å². The normalized spacial score (nSPS) is 16.3. The van der Waals surface area contributed by atoms with Gasteiger partial charge in [-0.05, 0) is 47.4 Å². The Hall–Kier alpha value is -3.21. The summed E-state index contributed by atoms with van der Waals surface area (Å²) in [5, 5.41) is 0. The fourth-order valence-electron chi connectivity index (χ4n) is 4.53. The number of nitrogens with zero attached hydrogens (tertiary/aromatic N) is 1. The molecule has 0 bridgehead atoms. The van der Waals surface area contributed by atoms with Crippen LogP contribution >= 0.6 is 0 Å². The highest BCUT2D eigenvalue weighted by atomic mass is 16.5. The standard InChI is InChI=1S/C28H27NO3/c1-20-7-5-6-10-23(20)27-26(21-8-3-2-4-9-21)24-12-11-22(19-25(24)28(27)30)32-18-15-29-13-16-31-17-14-29/h2-12,19H,13-18H2,1H3. The van der Waals surface area contributed by atoms with Gasteiger partial charge in [0.05, 0.1) is 13.2 Å². The van der Waals surface area contributed by atoms with E-state index in [9.17, 15) is 4.79 Å². The molecule has 0 amide bonds. The monoisotopic (exact) mass is 425 g/mol. The number of Topliss-reactive ketones (excluding diaryl/α,β-unsaturated/α-hetero) is 1.